The van der Waals surface area contributed by atoms with Crippen molar-refractivity contribution in [2.45, 2.75) is 26.2 Å². The van der Waals surface area contributed by atoms with Crippen LogP contribution in [0.4, 0.5) is 21.9 Å². The Kier molecular flexibility index (Phi) is 5.84. The fourth-order valence-electron chi connectivity index (χ4n) is 2.67. The van der Waals surface area contributed by atoms with Crippen LogP contribution in [0.2, 0.25) is 5.15 Å². The number of halogens is 1. The van der Waals surface area contributed by atoms with E-state index in [2.05, 4.69) is 26.1 Å². The van der Waals surface area contributed by atoms with Gasteiger partial charge in [-0.25, -0.2) is 4.79 Å². The minimum absolute atomic E-state index is 0.149. The van der Waals surface area contributed by atoms with E-state index in [0.29, 0.717) is 27.9 Å². The molecular formula is C20H24ClN7O2. The number of aryl methyl sites for hydroxylation is 2. The molecule has 0 aliphatic heterocycles. The molecule has 0 saturated heterocycles. The molecule has 0 aliphatic carbocycles. The maximum atomic E-state index is 12.6. The molecule has 0 fully saturated rings. The lowest BCUT2D eigenvalue weighted by molar-refractivity contribution is 0.101. The van der Waals surface area contributed by atoms with Gasteiger partial charge in [-0.15, -0.1) is 0 Å². The third-order valence-electron chi connectivity index (χ3n) is 4.40. The van der Waals surface area contributed by atoms with E-state index >= 15 is 0 Å². The average molecular weight is 430 g/mol. The number of benzene rings is 1. The second kappa shape index (κ2) is 8.19. The molecule has 0 spiro atoms. The summed E-state index contributed by atoms with van der Waals surface area (Å²) >= 11 is 6.02. The van der Waals surface area contributed by atoms with E-state index in [9.17, 15) is 9.59 Å². The van der Waals surface area contributed by atoms with Gasteiger partial charge in [0.2, 0.25) is 0 Å². The Hall–Kier alpha value is -3.33. The van der Waals surface area contributed by atoms with Crippen LogP contribution in [-0.4, -0.2) is 31.5 Å². The van der Waals surface area contributed by atoms with Crippen LogP contribution in [0.15, 0.2) is 36.5 Å². The number of nitrogens with one attached hydrogen (secondary N) is 3. The molecule has 9 nitrogen and oxygen atoms in total. The van der Waals surface area contributed by atoms with Crippen LogP contribution in [0.5, 0.6) is 0 Å². The number of urea groups is 1. The molecule has 2 aromatic heterocycles. The average Bonchev–Trinajstić information content (AvgIpc) is 3.21. The summed E-state index contributed by atoms with van der Waals surface area (Å²) in [7, 11) is 3.41. The second-order valence-electron chi connectivity index (χ2n) is 7.87. The minimum Gasteiger partial charge on any atom is -0.321 e. The molecule has 30 heavy (non-hydrogen) atoms. The Labute approximate surface area is 179 Å². The monoisotopic (exact) mass is 429 g/mol. The molecule has 10 heteroatoms. The molecule has 158 valence electrons. The highest BCUT2D eigenvalue weighted by Crippen LogP contribution is 2.23. The van der Waals surface area contributed by atoms with Crippen molar-refractivity contribution in [2.75, 3.05) is 16.0 Å². The van der Waals surface area contributed by atoms with Gasteiger partial charge in [-0.05, 0) is 30.3 Å². The third kappa shape index (κ3) is 4.80. The molecule has 2 heterocycles. The summed E-state index contributed by atoms with van der Waals surface area (Å²) in [5.74, 6) is -0.259. The zero-order valence-corrected chi connectivity index (χ0v) is 18.2. The Morgan fingerprint density at radius 2 is 1.57 bits per heavy atom. The first-order chi connectivity index (χ1) is 14.0. The van der Waals surface area contributed by atoms with E-state index < -0.39 is 6.03 Å². The van der Waals surface area contributed by atoms with Gasteiger partial charge >= 0.3 is 6.03 Å². The standard InChI is InChI=1S/C20H24ClN7O2/c1-20(2,3)16-10-15(27(4)26-16)18(29)23-12-6-8-13(9-7-12)24-19(30)25-14-11-22-28(5)17(14)21/h6-11H,1-5H3,(H,23,29)(H2,24,25,30). The van der Waals surface area contributed by atoms with Gasteiger partial charge in [0.1, 0.15) is 10.8 Å². The topological polar surface area (TPSA) is 106 Å². The molecular weight excluding hydrogens is 406 g/mol. The number of hydrogen-bond acceptors (Lipinski definition) is 4. The molecule has 3 rings (SSSR count). The van der Waals surface area contributed by atoms with Crippen LogP contribution in [0.3, 0.4) is 0 Å². The normalized spacial score (nSPS) is 11.3. The number of anilines is 3. The van der Waals surface area contributed by atoms with E-state index in [-0.39, 0.29) is 11.3 Å². The quantitative estimate of drug-likeness (QED) is 0.582. The first-order valence-corrected chi connectivity index (χ1v) is 9.64. The van der Waals surface area contributed by atoms with E-state index in [1.807, 2.05) is 20.8 Å². The number of rotatable bonds is 4. The number of aromatic nitrogens is 4. The number of hydrogen-bond donors (Lipinski definition) is 3. The van der Waals surface area contributed by atoms with Gasteiger partial charge in [-0.3, -0.25) is 14.2 Å². The van der Waals surface area contributed by atoms with E-state index in [0.717, 1.165) is 5.69 Å². The van der Waals surface area contributed by atoms with Crippen LogP contribution in [0.1, 0.15) is 37.0 Å². The van der Waals surface area contributed by atoms with Gasteiger partial charge < -0.3 is 16.0 Å². The van der Waals surface area contributed by atoms with E-state index in [1.54, 1.807) is 49.1 Å². The third-order valence-corrected chi connectivity index (χ3v) is 4.84. The van der Waals surface area contributed by atoms with Crippen LogP contribution < -0.4 is 16.0 Å². The highest BCUT2D eigenvalue weighted by molar-refractivity contribution is 6.32. The van der Waals surface area contributed by atoms with Gasteiger partial charge in [0.25, 0.3) is 5.91 Å². The zero-order valence-electron chi connectivity index (χ0n) is 17.4. The van der Waals surface area contributed by atoms with Gasteiger partial charge in [-0.2, -0.15) is 10.2 Å². The van der Waals surface area contributed by atoms with Crippen molar-refractivity contribution in [3.8, 4) is 0 Å². The fraction of sp³-hybridized carbons (Fsp3) is 0.300. The number of carbonyl (C=O) groups excluding carboxylic acids is 2. The highest BCUT2D eigenvalue weighted by Gasteiger charge is 2.21. The largest absolute Gasteiger partial charge is 0.323 e. The number of amides is 3. The minimum atomic E-state index is -0.453. The Bertz CT molecular complexity index is 1080. The molecule has 0 unspecified atom stereocenters. The molecule has 3 N–H and O–H groups in total. The van der Waals surface area contributed by atoms with E-state index in [4.69, 9.17) is 11.6 Å². The van der Waals surface area contributed by atoms with Gasteiger partial charge in [-0.1, -0.05) is 32.4 Å². The van der Waals surface area contributed by atoms with E-state index in [1.165, 1.54) is 10.9 Å². The summed E-state index contributed by atoms with van der Waals surface area (Å²) in [4.78, 5) is 24.7. The highest BCUT2D eigenvalue weighted by atomic mass is 35.5. The summed E-state index contributed by atoms with van der Waals surface area (Å²) in [5.41, 5.74) is 2.72. The van der Waals surface area contributed by atoms with Crippen molar-refractivity contribution >= 4 is 40.6 Å². The number of nitrogens with zero attached hydrogens (tertiary/aromatic N) is 4. The molecule has 3 amide bonds. The molecule has 0 radical (unpaired) electrons. The first kappa shape index (κ1) is 21.4. The summed E-state index contributed by atoms with van der Waals surface area (Å²) < 4.78 is 3.01. The predicted octanol–water partition coefficient (Wildman–Crippen LogP) is 4.00. The van der Waals surface area contributed by atoms with Gasteiger partial charge in [0, 0.05) is 30.9 Å². The van der Waals surface area contributed by atoms with Crippen molar-refractivity contribution in [2.24, 2.45) is 14.1 Å². The van der Waals surface area contributed by atoms with Crippen molar-refractivity contribution < 1.29 is 9.59 Å². The molecule has 1 aromatic carbocycles. The van der Waals surface area contributed by atoms with Crippen molar-refractivity contribution in [1.82, 2.24) is 19.6 Å². The maximum Gasteiger partial charge on any atom is 0.323 e. The van der Waals surface area contributed by atoms with Crippen LogP contribution in [0.25, 0.3) is 0 Å². The number of carbonyl (C=O) groups is 2. The van der Waals surface area contributed by atoms with Gasteiger partial charge in [0.15, 0.2) is 0 Å². The van der Waals surface area contributed by atoms with Crippen molar-refractivity contribution in [3.05, 3.63) is 53.1 Å². The summed E-state index contributed by atoms with van der Waals surface area (Å²) in [6.45, 7) is 6.13. The Morgan fingerprint density at radius 3 is 2.07 bits per heavy atom. The summed E-state index contributed by atoms with van der Waals surface area (Å²) in [6, 6.07) is 8.11. The smallest absolute Gasteiger partial charge is 0.321 e. The van der Waals surface area contributed by atoms with Crippen molar-refractivity contribution in [1.29, 1.82) is 0 Å². The SMILES string of the molecule is Cn1nc(C(C)(C)C)cc1C(=O)Nc1ccc(NC(=O)Nc2cnn(C)c2Cl)cc1. The van der Waals surface area contributed by atoms with Gasteiger partial charge in [0.05, 0.1) is 17.6 Å². The zero-order chi connectivity index (χ0) is 22.1. The lowest BCUT2D eigenvalue weighted by atomic mass is 9.92. The second-order valence-corrected chi connectivity index (χ2v) is 8.23. The summed E-state index contributed by atoms with van der Waals surface area (Å²) in [5, 5.41) is 16.9. The summed E-state index contributed by atoms with van der Waals surface area (Å²) in [6.07, 6.45) is 1.46. The fourth-order valence-corrected chi connectivity index (χ4v) is 2.81. The lowest BCUT2D eigenvalue weighted by Gasteiger charge is -2.13. The molecule has 3 aromatic rings. The maximum absolute atomic E-state index is 12.6. The first-order valence-electron chi connectivity index (χ1n) is 9.26. The molecule has 0 bridgehead atoms. The van der Waals surface area contributed by atoms with Crippen LogP contribution in [0, 0.1) is 0 Å². The lowest BCUT2D eigenvalue weighted by Crippen LogP contribution is -2.19. The Balaban J connectivity index is 1.62. The van der Waals surface area contributed by atoms with Crippen molar-refractivity contribution in [3.63, 3.8) is 0 Å². The molecule has 0 atom stereocenters. The Morgan fingerprint density at radius 1 is 0.967 bits per heavy atom. The van der Waals surface area contributed by atoms with Crippen LogP contribution >= 0.6 is 11.6 Å². The predicted molar refractivity (Wildman–Crippen MR) is 117 cm³/mol. The van der Waals surface area contributed by atoms with Crippen LogP contribution in [-0.2, 0) is 19.5 Å². The molecule has 0 aliphatic rings. The molecule has 0 saturated carbocycles.